The second-order valence-corrected chi connectivity index (χ2v) is 21.6. The molecule has 0 aliphatic heterocycles. The van der Waals surface area contributed by atoms with E-state index in [-0.39, 0.29) is 0 Å². The first-order valence-electron chi connectivity index (χ1n) is 27.8. The van der Waals surface area contributed by atoms with Gasteiger partial charge in [-0.15, -0.1) is 0 Å². The lowest BCUT2D eigenvalue weighted by molar-refractivity contribution is 1.16. The van der Waals surface area contributed by atoms with Crippen molar-refractivity contribution >= 4 is 54.1 Å². The molecule has 1 aliphatic carbocycles. The highest BCUT2D eigenvalue weighted by molar-refractivity contribution is 6.12. The number of nitrogens with zero attached hydrogens (tertiary/aromatic N) is 1. The van der Waals surface area contributed by atoms with Crippen LogP contribution in [0.3, 0.4) is 0 Å². The molecule has 14 aromatic carbocycles. The lowest BCUT2D eigenvalue weighted by atomic mass is 9.95. The molecule has 80 heavy (non-hydrogen) atoms. The van der Waals surface area contributed by atoms with Crippen LogP contribution in [0, 0.1) is 0 Å². The molecule has 1 nitrogen and oxygen atoms in total. The van der Waals surface area contributed by atoms with E-state index in [1.165, 1.54) is 160 Å². The molecule has 0 N–H and O–H groups in total. The van der Waals surface area contributed by atoms with Gasteiger partial charge in [-0.3, -0.25) is 0 Å². The molecular weight excluding hydrogens is 963 g/mol. The van der Waals surface area contributed by atoms with E-state index < -0.39 is 0 Å². The van der Waals surface area contributed by atoms with Gasteiger partial charge in [-0.05, 0) is 175 Å². The maximum absolute atomic E-state index is 2.49. The maximum Gasteiger partial charge on any atom is 0.0541 e. The van der Waals surface area contributed by atoms with Crippen LogP contribution in [-0.4, -0.2) is 4.57 Å². The predicted octanol–water partition coefficient (Wildman–Crippen LogP) is 21.5. The third-order valence-corrected chi connectivity index (χ3v) is 17.1. The molecular formula is C79H51N. The second-order valence-electron chi connectivity index (χ2n) is 21.6. The summed E-state index contributed by atoms with van der Waals surface area (Å²) in [6.07, 6.45) is 0.900. The summed E-state index contributed by atoms with van der Waals surface area (Å²) in [4.78, 5) is 0. The summed E-state index contributed by atoms with van der Waals surface area (Å²) in [7, 11) is 0. The largest absolute Gasteiger partial charge is 0.309 e. The Hall–Kier alpha value is -10.3. The number of benzene rings is 14. The fourth-order valence-electron chi connectivity index (χ4n) is 13.0. The van der Waals surface area contributed by atoms with Gasteiger partial charge in [0.05, 0.1) is 11.0 Å². The van der Waals surface area contributed by atoms with Gasteiger partial charge in [0.1, 0.15) is 0 Å². The van der Waals surface area contributed by atoms with Crippen LogP contribution < -0.4 is 0 Å². The van der Waals surface area contributed by atoms with Gasteiger partial charge in [0.2, 0.25) is 0 Å². The average molecular weight is 1010 g/mol. The summed E-state index contributed by atoms with van der Waals surface area (Å²) in [6.45, 7) is 0. The molecule has 0 saturated heterocycles. The summed E-state index contributed by atoms with van der Waals surface area (Å²) in [5.41, 5.74) is 26.1. The van der Waals surface area contributed by atoms with Crippen molar-refractivity contribution in [3.8, 4) is 94.7 Å². The molecule has 0 unspecified atom stereocenters. The Morgan fingerprint density at radius 3 is 0.963 bits per heavy atom. The van der Waals surface area contributed by atoms with Crippen molar-refractivity contribution in [1.29, 1.82) is 0 Å². The minimum Gasteiger partial charge on any atom is -0.309 e. The molecule has 0 bridgehead atoms. The Kier molecular flexibility index (Phi) is 10.7. The van der Waals surface area contributed by atoms with E-state index >= 15 is 0 Å². The lowest BCUT2D eigenvalue weighted by Crippen LogP contribution is -1.95. The van der Waals surface area contributed by atoms with Crippen molar-refractivity contribution in [2.75, 3.05) is 0 Å². The molecule has 1 heterocycles. The van der Waals surface area contributed by atoms with Gasteiger partial charge in [0.25, 0.3) is 0 Å². The van der Waals surface area contributed by atoms with Crippen LogP contribution in [0.2, 0.25) is 0 Å². The van der Waals surface area contributed by atoms with Gasteiger partial charge in [0.15, 0.2) is 0 Å². The van der Waals surface area contributed by atoms with E-state index in [1.807, 2.05) is 0 Å². The lowest BCUT2D eigenvalue weighted by Gasteiger charge is -2.11. The summed E-state index contributed by atoms with van der Waals surface area (Å²) < 4.78 is 2.49. The summed E-state index contributed by atoms with van der Waals surface area (Å²) in [5.74, 6) is 0. The molecule has 1 aromatic heterocycles. The van der Waals surface area contributed by atoms with Crippen LogP contribution >= 0.6 is 0 Å². The molecule has 15 aromatic rings. The normalized spacial score (nSPS) is 11.9. The first-order valence-corrected chi connectivity index (χ1v) is 27.8. The molecule has 0 amide bonds. The summed E-state index contributed by atoms with van der Waals surface area (Å²) >= 11 is 0. The van der Waals surface area contributed by atoms with E-state index in [0.717, 1.165) is 6.42 Å². The summed E-state index contributed by atoms with van der Waals surface area (Å²) in [5, 5.41) is 10.1. The third-order valence-electron chi connectivity index (χ3n) is 17.1. The topological polar surface area (TPSA) is 4.93 Å². The van der Waals surface area contributed by atoms with Crippen molar-refractivity contribution in [2.45, 2.75) is 6.42 Å². The van der Waals surface area contributed by atoms with Crippen molar-refractivity contribution < 1.29 is 0 Å². The Morgan fingerprint density at radius 1 is 0.200 bits per heavy atom. The molecule has 0 saturated carbocycles. The van der Waals surface area contributed by atoms with Crippen LogP contribution in [0.4, 0.5) is 0 Å². The van der Waals surface area contributed by atoms with Gasteiger partial charge in [-0.1, -0.05) is 261 Å². The van der Waals surface area contributed by atoms with Crippen LogP contribution in [0.1, 0.15) is 11.1 Å². The van der Waals surface area contributed by atoms with Crippen molar-refractivity contribution in [3.05, 3.63) is 308 Å². The van der Waals surface area contributed by atoms with Crippen LogP contribution in [0.15, 0.2) is 297 Å². The minimum absolute atomic E-state index is 0.900. The van der Waals surface area contributed by atoms with E-state index in [0.29, 0.717) is 0 Å². The second kappa shape index (κ2) is 18.7. The van der Waals surface area contributed by atoms with Gasteiger partial charge in [-0.2, -0.15) is 0 Å². The number of hydrogen-bond acceptors (Lipinski definition) is 0. The predicted molar refractivity (Wildman–Crippen MR) is 340 cm³/mol. The highest BCUT2D eigenvalue weighted by Crippen LogP contribution is 2.44. The van der Waals surface area contributed by atoms with E-state index in [4.69, 9.17) is 0 Å². The average Bonchev–Trinajstić information content (AvgIpc) is 4.29. The SMILES string of the molecule is c1ccc2c(-c3ccc(-c4ccc(-c5ccc6c(c5)c5cc(-c7ccc(-c8ccc(-c9cccc%10ccccc9%10)cc8)cc7)ccc5n6-c5ccc6c(c5)Cc5cc(-c7cccc8ccccc78)ccc5-6)cc4)cc3)cccc2c1. The maximum atomic E-state index is 2.49. The monoisotopic (exact) mass is 1010 g/mol. The highest BCUT2D eigenvalue weighted by Gasteiger charge is 2.22. The van der Waals surface area contributed by atoms with E-state index in [1.54, 1.807) is 0 Å². The van der Waals surface area contributed by atoms with Crippen molar-refractivity contribution in [2.24, 2.45) is 0 Å². The minimum atomic E-state index is 0.900. The number of rotatable bonds is 8. The van der Waals surface area contributed by atoms with Gasteiger partial charge < -0.3 is 4.57 Å². The Bertz CT molecular complexity index is 4680. The highest BCUT2D eigenvalue weighted by atomic mass is 15.0. The molecule has 16 rings (SSSR count). The van der Waals surface area contributed by atoms with Gasteiger partial charge in [0, 0.05) is 16.5 Å². The Labute approximate surface area is 465 Å². The summed E-state index contributed by atoms with van der Waals surface area (Å²) in [6, 6.07) is 110. The number of fused-ring (bicyclic) bond motifs is 9. The third kappa shape index (κ3) is 7.77. The molecule has 372 valence electrons. The molecule has 0 atom stereocenters. The zero-order chi connectivity index (χ0) is 52.7. The standard InChI is InChI=1S/C79H51N/c1-4-16-68-57(10-1)13-7-19-71(68)60-34-30-53(31-35-60)51-22-26-55(27-23-51)62-39-44-78-76(49-62)77-50-63(56-28-24-52(25-29-56)54-32-36-61(37-33-54)72-20-8-14-58-11-2-5-17-69(58)72)40-45-79(77)80(78)67-41-43-75-66(48-67)47-65-46-64(38-42-74(65)75)73-21-9-15-59-12-3-6-18-70(59)73/h1-46,48-50H,47H2. The van der Waals surface area contributed by atoms with E-state index in [2.05, 4.69) is 302 Å². The molecule has 1 heteroatoms. The molecule has 0 radical (unpaired) electrons. The quantitative estimate of drug-likeness (QED) is 0.143. The van der Waals surface area contributed by atoms with Crippen LogP contribution in [0.5, 0.6) is 0 Å². The van der Waals surface area contributed by atoms with Crippen molar-refractivity contribution in [1.82, 2.24) is 4.57 Å². The fourth-order valence-corrected chi connectivity index (χ4v) is 13.0. The van der Waals surface area contributed by atoms with Crippen LogP contribution in [0.25, 0.3) is 149 Å². The molecule has 0 spiro atoms. The van der Waals surface area contributed by atoms with E-state index in [9.17, 15) is 0 Å². The fraction of sp³-hybridized carbons (Fsp3) is 0.0127. The molecule has 1 aliphatic rings. The van der Waals surface area contributed by atoms with Crippen molar-refractivity contribution in [3.63, 3.8) is 0 Å². The first-order chi connectivity index (χ1) is 39.6. The Morgan fingerprint density at radius 2 is 0.525 bits per heavy atom. The zero-order valence-electron chi connectivity index (χ0n) is 43.9. The molecule has 0 fully saturated rings. The number of hydrogen-bond donors (Lipinski definition) is 0. The van der Waals surface area contributed by atoms with Gasteiger partial charge in [-0.25, -0.2) is 0 Å². The Balaban J connectivity index is 0.748. The number of aromatic nitrogens is 1. The van der Waals surface area contributed by atoms with Crippen LogP contribution in [-0.2, 0) is 6.42 Å². The first kappa shape index (κ1) is 45.8. The zero-order valence-corrected chi connectivity index (χ0v) is 43.9. The smallest absolute Gasteiger partial charge is 0.0541 e. The van der Waals surface area contributed by atoms with Gasteiger partial charge >= 0.3 is 0 Å².